The largest absolute Gasteiger partial charge is 0.497 e. The van der Waals surface area contributed by atoms with Gasteiger partial charge in [0, 0.05) is 10.9 Å². The number of carbonyl (C=O) groups excluding carboxylic acids is 1. The molecule has 30 heavy (non-hydrogen) atoms. The molecule has 0 fully saturated rings. The highest BCUT2D eigenvalue weighted by Gasteiger charge is 2.26. The average Bonchev–Trinajstić information content (AvgIpc) is 3.16. The number of ketones is 1. The summed E-state index contributed by atoms with van der Waals surface area (Å²) < 4.78 is 22.3. The van der Waals surface area contributed by atoms with Crippen molar-refractivity contribution in [1.29, 1.82) is 0 Å². The second-order valence-corrected chi connectivity index (χ2v) is 6.90. The van der Waals surface area contributed by atoms with Crippen LogP contribution in [0.2, 0.25) is 0 Å². The highest BCUT2D eigenvalue weighted by molar-refractivity contribution is 6.21. The van der Waals surface area contributed by atoms with E-state index in [9.17, 15) is 4.79 Å². The van der Waals surface area contributed by atoms with E-state index in [-0.39, 0.29) is 5.78 Å². The molecule has 0 saturated carbocycles. The van der Waals surface area contributed by atoms with Crippen LogP contribution in [0.1, 0.15) is 21.5 Å². The van der Waals surface area contributed by atoms with Gasteiger partial charge in [-0.3, -0.25) is 4.79 Å². The van der Waals surface area contributed by atoms with E-state index < -0.39 is 0 Å². The van der Waals surface area contributed by atoms with Crippen LogP contribution in [0.25, 0.3) is 22.3 Å². The first-order valence-corrected chi connectivity index (χ1v) is 9.50. The highest BCUT2D eigenvalue weighted by atomic mass is 16.5. The molecule has 0 N–H and O–H groups in total. The summed E-state index contributed by atoms with van der Waals surface area (Å²) in [5.74, 6) is 1.94. The van der Waals surface area contributed by atoms with Crippen LogP contribution in [-0.4, -0.2) is 27.1 Å². The second-order valence-electron chi connectivity index (χ2n) is 6.90. The van der Waals surface area contributed by atoms with Crippen molar-refractivity contribution in [2.45, 2.75) is 6.92 Å². The summed E-state index contributed by atoms with van der Waals surface area (Å²) in [7, 11) is 4.69. The third-order valence-corrected chi connectivity index (χ3v) is 5.07. The van der Waals surface area contributed by atoms with Gasteiger partial charge in [-0.15, -0.1) is 0 Å². The number of carbonyl (C=O) groups is 1. The first-order chi connectivity index (χ1) is 14.6. The molecule has 0 aliphatic carbocycles. The molecule has 0 bridgehead atoms. The Kier molecular flexibility index (Phi) is 5.19. The normalized spacial score (nSPS) is 10.8. The van der Waals surface area contributed by atoms with Gasteiger partial charge in [0.2, 0.25) is 5.78 Å². The fourth-order valence-corrected chi connectivity index (χ4v) is 3.58. The fraction of sp³-hybridized carbons (Fsp3) is 0.160. The van der Waals surface area contributed by atoms with Gasteiger partial charge in [-0.25, -0.2) is 0 Å². The number of benzene rings is 3. The maximum absolute atomic E-state index is 13.8. The Labute approximate surface area is 174 Å². The molecule has 4 aromatic rings. The molecule has 0 atom stereocenters. The third-order valence-electron chi connectivity index (χ3n) is 5.07. The fourth-order valence-electron chi connectivity index (χ4n) is 3.58. The molecule has 0 amide bonds. The maximum atomic E-state index is 13.8. The summed E-state index contributed by atoms with van der Waals surface area (Å²) in [6, 6.07) is 18.5. The molecule has 5 nitrogen and oxygen atoms in total. The summed E-state index contributed by atoms with van der Waals surface area (Å²) in [5, 5.41) is 0.760. The highest BCUT2D eigenvalue weighted by Crippen LogP contribution is 2.39. The van der Waals surface area contributed by atoms with Crippen molar-refractivity contribution in [3.63, 3.8) is 0 Å². The molecular weight excluding hydrogens is 380 g/mol. The minimum atomic E-state index is -0.194. The van der Waals surface area contributed by atoms with Crippen molar-refractivity contribution in [3.05, 3.63) is 77.4 Å². The van der Waals surface area contributed by atoms with Gasteiger partial charge in [-0.05, 0) is 55.5 Å². The van der Waals surface area contributed by atoms with Crippen LogP contribution in [0.4, 0.5) is 0 Å². The van der Waals surface area contributed by atoms with E-state index >= 15 is 0 Å². The molecule has 0 saturated heterocycles. The van der Waals surface area contributed by atoms with Crippen molar-refractivity contribution in [2.75, 3.05) is 21.3 Å². The third kappa shape index (κ3) is 3.28. The van der Waals surface area contributed by atoms with E-state index in [1.54, 1.807) is 32.4 Å². The lowest BCUT2D eigenvalue weighted by Gasteiger charge is -2.12. The monoisotopic (exact) mass is 402 g/mol. The summed E-state index contributed by atoms with van der Waals surface area (Å²) in [5.41, 5.74) is 3.38. The molecule has 0 unspecified atom stereocenters. The topological polar surface area (TPSA) is 57.9 Å². The molecule has 4 rings (SSSR count). The van der Waals surface area contributed by atoms with Gasteiger partial charge in [0.25, 0.3) is 0 Å². The minimum Gasteiger partial charge on any atom is -0.497 e. The van der Waals surface area contributed by atoms with Gasteiger partial charge in [-0.1, -0.05) is 17.7 Å². The first-order valence-electron chi connectivity index (χ1n) is 9.50. The second kappa shape index (κ2) is 7.95. The van der Waals surface area contributed by atoms with E-state index in [1.165, 1.54) is 7.11 Å². The predicted molar refractivity (Wildman–Crippen MR) is 116 cm³/mol. The zero-order chi connectivity index (χ0) is 21.3. The Morgan fingerprint density at radius 2 is 1.63 bits per heavy atom. The van der Waals surface area contributed by atoms with Crippen molar-refractivity contribution in [3.8, 4) is 28.6 Å². The number of para-hydroxylation sites is 1. The van der Waals surface area contributed by atoms with Crippen molar-refractivity contribution < 1.29 is 23.4 Å². The average molecular weight is 402 g/mol. The number of hydrogen-bond acceptors (Lipinski definition) is 5. The summed E-state index contributed by atoms with van der Waals surface area (Å²) in [6.45, 7) is 1.99. The summed E-state index contributed by atoms with van der Waals surface area (Å²) in [4.78, 5) is 13.8. The van der Waals surface area contributed by atoms with Crippen molar-refractivity contribution >= 4 is 16.8 Å². The molecule has 0 spiro atoms. The lowest BCUT2D eigenvalue weighted by atomic mass is 9.96. The van der Waals surface area contributed by atoms with E-state index in [1.807, 2.05) is 49.4 Å². The van der Waals surface area contributed by atoms with Crippen LogP contribution in [0.5, 0.6) is 17.2 Å². The SMILES string of the molecule is COc1ccc(-c2oc3ccc(C)cc3c2C(=O)c2cccc(OC)c2OC)cc1. The van der Waals surface area contributed by atoms with E-state index in [2.05, 4.69) is 0 Å². The summed E-state index contributed by atoms with van der Waals surface area (Å²) in [6.07, 6.45) is 0. The quantitative estimate of drug-likeness (QED) is 0.389. The zero-order valence-corrected chi connectivity index (χ0v) is 17.3. The number of methoxy groups -OCH3 is 3. The van der Waals surface area contributed by atoms with Crippen LogP contribution in [-0.2, 0) is 0 Å². The number of fused-ring (bicyclic) bond motifs is 1. The van der Waals surface area contributed by atoms with Crippen LogP contribution in [0, 0.1) is 6.92 Å². The van der Waals surface area contributed by atoms with E-state index in [0.717, 1.165) is 22.3 Å². The Morgan fingerprint density at radius 1 is 0.867 bits per heavy atom. The van der Waals surface area contributed by atoms with Crippen LogP contribution >= 0.6 is 0 Å². The lowest BCUT2D eigenvalue weighted by molar-refractivity contribution is 0.103. The van der Waals surface area contributed by atoms with Crippen molar-refractivity contribution in [1.82, 2.24) is 0 Å². The number of aryl methyl sites for hydroxylation is 1. The van der Waals surface area contributed by atoms with Gasteiger partial charge in [-0.2, -0.15) is 0 Å². The molecule has 0 aliphatic heterocycles. The number of furan rings is 1. The van der Waals surface area contributed by atoms with E-state index in [0.29, 0.717) is 34.0 Å². The predicted octanol–water partition coefficient (Wildman–Crippen LogP) is 5.67. The maximum Gasteiger partial charge on any atom is 0.201 e. The minimum absolute atomic E-state index is 0.194. The molecule has 1 heterocycles. The zero-order valence-electron chi connectivity index (χ0n) is 17.3. The summed E-state index contributed by atoms with van der Waals surface area (Å²) >= 11 is 0. The number of hydrogen-bond donors (Lipinski definition) is 0. The Bertz CT molecular complexity index is 1220. The molecule has 5 heteroatoms. The van der Waals surface area contributed by atoms with Gasteiger partial charge in [0.15, 0.2) is 11.5 Å². The van der Waals surface area contributed by atoms with Crippen LogP contribution in [0.15, 0.2) is 65.1 Å². The molecule has 1 aromatic heterocycles. The van der Waals surface area contributed by atoms with Gasteiger partial charge >= 0.3 is 0 Å². The van der Waals surface area contributed by atoms with Gasteiger partial charge in [0.05, 0.1) is 32.5 Å². The Morgan fingerprint density at radius 3 is 2.30 bits per heavy atom. The van der Waals surface area contributed by atoms with Crippen LogP contribution in [0.3, 0.4) is 0 Å². The molecular formula is C25H22O5. The van der Waals surface area contributed by atoms with Crippen molar-refractivity contribution in [2.24, 2.45) is 0 Å². The van der Waals surface area contributed by atoms with Gasteiger partial charge < -0.3 is 18.6 Å². The molecule has 152 valence electrons. The van der Waals surface area contributed by atoms with Gasteiger partial charge in [0.1, 0.15) is 17.1 Å². The van der Waals surface area contributed by atoms with E-state index in [4.69, 9.17) is 18.6 Å². The first kappa shape index (κ1) is 19.6. The standard InChI is InChI=1S/C25H22O5/c1-15-8-13-20-19(14-15)22(24(30-20)16-9-11-17(27-2)12-10-16)23(26)18-6-5-7-21(28-3)25(18)29-4/h5-14H,1-4H3. The molecule has 0 radical (unpaired) electrons. The molecule has 0 aliphatic rings. The lowest BCUT2D eigenvalue weighted by Crippen LogP contribution is -2.06. The Hall–Kier alpha value is -3.73. The number of ether oxygens (including phenoxy) is 3. The van der Waals surface area contributed by atoms with Crippen LogP contribution < -0.4 is 14.2 Å². The molecule has 3 aromatic carbocycles. The Balaban J connectivity index is 1.97. The number of rotatable bonds is 6. The smallest absolute Gasteiger partial charge is 0.201 e.